The molecule has 2 amide bonds. The maximum Gasteiger partial charge on any atom is 0.315 e. The molecule has 0 aliphatic heterocycles. The quantitative estimate of drug-likeness (QED) is 0.754. The van der Waals surface area contributed by atoms with E-state index in [4.69, 9.17) is 9.84 Å². The van der Waals surface area contributed by atoms with Crippen molar-refractivity contribution in [1.29, 1.82) is 0 Å². The lowest BCUT2D eigenvalue weighted by Crippen LogP contribution is -2.43. The fourth-order valence-electron chi connectivity index (χ4n) is 2.83. The zero-order valence-electron chi connectivity index (χ0n) is 13.2. The minimum Gasteiger partial charge on any atom is -0.396 e. The summed E-state index contributed by atoms with van der Waals surface area (Å²) in [6.45, 7) is 1.38. The van der Waals surface area contributed by atoms with E-state index in [9.17, 15) is 4.79 Å². The maximum atomic E-state index is 11.9. The number of hydrogen-bond acceptors (Lipinski definition) is 3. The lowest BCUT2D eigenvalue weighted by molar-refractivity contribution is 0.174. The molecular formula is C17H26N2O3. The summed E-state index contributed by atoms with van der Waals surface area (Å²) < 4.78 is 5.07. The Kier molecular flexibility index (Phi) is 6.68. The molecule has 0 spiro atoms. The van der Waals surface area contributed by atoms with Crippen LogP contribution in [0.1, 0.15) is 36.8 Å². The third-order valence-corrected chi connectivity index (χ3v) is 4.23. The van der Waals surface area contributed by atoms with E-state index in [2.05, 4.69) is 10.6 Å². The molecule has 0 bridgehead atoms. The maximum absolute atomic E-state index is 11.9. The van der Waals surface area contributed by atoms with Gasteiger partial charge in [-0.05, 0) is 42.7 Å². The van der Waals surface area contributed by atoms with Crippen LogP contribution in [0.3, 0.4) is 0 Å². The zero-order chi connectivity index (χ0) is 15.8. The normalized spacial score (nSPS) is 21.4. The minimum atomic E-state index is -0.117. The third kappa shape index (κ3) is 5.31. The summed E-state index contributed by atoms with van der Waals surface area (Å²) in [5.41, 5.74) is 2.19. The van der Waals surface area contributed by atoms with Crippen LogP contribution in [0.25, 0.3) is 0 Å². The lowest BCUT2D eigenvalue weighted by atomic mass is 9.87. The van der Waals surface area contributed by atoms with Crippen LogP contribution in [0.15, 0.2) is 24.3 Å². The molecule has 1 fully saturated rings. The first-order valence-corrected chi connectivity index (χ1v) is 7.93. The average molecular weight is 306 g/mol. The van der Waals surface area contributed by atoms with Crippen LogP contribution in [0.5, 0.6) is 0 Å². The van der Waals surface area contributed by atoms with Crippen LogP contribution in [-0.2, 0) is 17.9 Å². The second kappa shape index (κ2) is 8.76. The molecule has 1 aliphatic rings. The molecule has 0 aromatic heterocycles. The Bertz CT molecular complexity index is 453. The smallest absolute Gasteiger partial charge is 0.315 e. The first-order valence-electron chi connectivity index (χ1n) is 7.93. The van der Waals surface area contributed by atoms with E-state index in [1.165, 1.54) is 0 Å². The summed E-state index contributed by atoms with van der Waals surface area (Å²) in [5, 5.41) is 15.0. The van der Waals surface area contributed by atoms with Crippen molar-refractivity contribution in [3.05, 3.63) is 35.4 Å². The SMILES string of the molecule is COCc1ccc(CNC(=O)NC2CCC(CO)CC2)cc1. The molecule has 0 heterocycles. The molecule has 1 saturated carbocycles. The van der Waals surface area contributed by atoms with E-state index in [-0.39, 0.29) is 18.7 Å². The molecule has 5 nitrogen and oxygen atoms in total. The lowest BCUT2D eigenvalue weighted by Gasteiger charge is -2.27. The van der Waals surface area contributed by atoms with Crippen molar-refractivity contribution in [3.63, 3.8) is 0 Å². The van der Waals surface area contributed by atoms with Crippen LogP contribution in [0, 0.1) is 5.92 Å². The van der Waals surface area contributed by atoms with Crippen LogP contribution < -0.4 is 10.6 Å². The zero-order valence-corrected chi connectivity index (χ0v) is 13.2. The molecule has 0 radical (unpaired) electrons. The molecule has 5 heteroatoms. The number of hydrogen-bond donors (Lipinski definition) is 3. The first kappa shape index (κ1) is 16.8. The highest BCUT2D eigenvalue weighted by atomic mass is 16.5. The van der Waals surface area contributed by atoms with E-state index in [0.29, 0.717) is 19.1 Å². The van der Waals surface area contributed by atoms with Gasteiger partial charge in [0.1, 0.15) is 0 Å². The van der Waals surface area contributed by atoms with Gasteiger partial charge in [-0.15, -0.1) is 0 Å². The van der Waals surface area contributed by atoms with Gasteiger partial charge in [-0.2, -0.15) is 0 Å². The second-order valence-electron chi connectivity index (χ2n) is 5.98. The Morgan fingerprint density at radius 2 is 1.82 bits per heavy atom. The Balaban J connectivity index is 1.69. The standard InChI is InChI=1S/C17H26N2O3/c1-22-12-15-4-2-13(3-5-15)10-18-17(21)19-16-8-6-14(11-20)7-9-16/h2-5,14,16,20H,6-12H2,1H3,(H2,18,19,21). The first-order chi connectivity index (χ1) is 10.7. The monoisotopic (exact) mass is 306 g/mol. The molecule has 2 rings (SSSR count). The Labute approximate surface area is 132 Å². The van der Waals surface area contributed by atoms with Crippen molar-refractivity contribution < 1.29 is 14.6 Å². The number of aliphatic hydroxyl groups excluding tert-OH is 1. The van der Waals surface area contributed by atoms with Crippen LogP contribution in [-0.4, -0.2) is 30.9 Å². The van der Waals surface area contributed by atoms with Gasteiger partial charge in [0.2, 0.25) is 0 Å². The van der Waals surface area contributed by atoms with E-state index < -0.39 is 0 Å². The van der Waals surface area contributed by atoms with Gasteiger partial charge in [0.25, 0.3) is 0 Å². The minimum absolute atomic E-state index is 0.117. The second-order valence-corrected chi connectivity index (χ2v) is 5.98. The van der Waals surface area contributed by atoms with Crippen LogP contribution >= 0.6 is 0 Å². The molecule has 1 aromatic carbocycles. The summed E-state index contributed by atoms with van der Waals surface area (Å²) in [7, 11) is 1.67. The van der Waals surface area contributed by atoms with Gasteiger partial charge in [-0.1, -0.05) is 24.3 Å². The van der Waals surface area contributed by atoms with Crippen molar-refractivity contribution in [2.75, 3.05) is 13.7 Å². The number of rotatable bonds is 6. The van der Waals surface area contributed by atoms with Gasteiger partial charge in [0.15, 0.2) is 0 Å². The Morgan fingerprint density at radius 3 is 2.41 bits per heavy atom. The van der Waals surface area contributed by atoms with Crippen molar-refractivity contribution in [2.24, 2.45) is 5.92 Å². The summed E-state index contributed by atoms with van der Waals surface area (Å²) in [5.74, 6) is 0.409. The van der Waals surface area contributed by atoms with Crippen molar-refractivity contribution in [3.8, 4) is 0 Å². The van der Waals surface area contributed by atoms with Gasteiger partial charge in [0, 0.05) is 26.3 Å². The predicted molar refractivity (Wildman–Crippen MR) is 85.4 cm³/mol. The summed E-state index contributed by atoms with van der Waals surface area (Å²) in [6, 6.07) is 8.13. The molecule has 122 valence electrons. The summed E-state index contributed by atoms with van der Waals surface area (Å²) in [6.07, 6.45) is 3.87. The van der Waals surface area contributed by atoms with E-state index in [1.54, 1.807) is 7.11 Å². The van der Waals surface area contributed by atoms with Gasteiger partial charge in [0.05, 0.1) is 6.61 Å². The number of carbonyl (C=O) groups excluding carboxylic acids is 1. The number of methoxy groups -OCH3 is 1. The summed E-state index contributed by atoms with van der Waals surface area (Å²) >= 11 is 0. The summed E-state index contributed by atoms with van der Waals surface area (Å²) in [4.78, 5) is 11.9. The molecule has 1 aliphatic carbocycles. The highest BCUT2D eigenvalue weighted by molar-refractivity contribution is 5.74. The van der Waals surface area contributed by atoms with Gasteiger partial charge < -0.3 is 20.5 Å². The Morgan fingerprint density at radius 1 is 1.18 bits per heavy atom. The van der Waals surface area contributed by atoms with Crippen molar-refractivity contribution >= 4 is 6.03 Å². The molecule has 3 N–H and O–H groups in total. The number of aliphatic hydroxyl groups is 1. The van der Waals surface area contributed by atoms with Crippen molar-refractivity contribution in [2.45, 2.75) is 44.9 Å². The highest BCUT2D eigenvalue weighted by Gasteiger charge is 2.21. The highest BCUT2D eigenvalue weighted by Crippen LogP contribution is 2.23. The average Bonchev–Trinajstić information content (AvgIpc) is 2.55. The van der Waals surface area contributed by atoms with E-state index in [0.717, 1.165) is 36.8 Å². The molecule has 0 unspecified atom stereocenters. The fourth-order valence-corrected chi connectivity index (χ4v) is 2.83. The number of ether oxygens (including phenoxy) is 1. The van der Waals surface area contributed by atoms with E-state index >= 15 is 0 Å². The Hall–Kier alpha value is -1.59. The number of urea groups is 1. The number of nitrogens with one attached hydrogen (secondary N) is 2. The largest absolute Gasteiger partial charge is 0.396 e. The van der Waals surface area contributed by atoms with E-state index in [1.807, 2.05) is 24.3 Å². The number of benzene rings is 1. The van der Waals surface area contributed by atoms with Crippen LogP contribution in [0.2, 0.25) is 0 Å². The third-order valence-electron chi connectivity index (χ3n) is 4.23. The predicted octanol–water partition coefficient (Wildman–Crippen LogP) is 2.18. The van der Waals surface area contributed by atoms with Crippen LogP contribution in [0.4, 0.5) is 4.79 Å². The van der Waals surface area contributed by atoms with Gasteiger partial charge in [-0.3, -0.25) is 0 Å². The van der Waals surface area contributed by atoms with Crippen molar-refractivity contribution in [1.82, 2.24) is 10.6 Å². The fraction of sp³-hybridized carbons (Fsp3) is 0.588. The molecular weight excluding hydrogens is 280 g/mol. The molecule has 22 heavy (non-hydrogen) atoms. The topological polar surface area (TPSA) is 70.6 Å². The molecule has 1 aromatic rings. The molecule has 0 atom stereocenters. The number of amides is 2. The molecule has 0 saturated heterocycles. The van der Waals surface area contributed by atoms with Gasteiger partial charge >= 0.3 is 6.03 Å². The number of carbonyl (C=O) groups is 1. The van der Waals surface area contributed by atoms with Gasteiger partial charge in [-0.25, -0.2) is 4.79 Å².